The number of esters is 1. The van der Waals surface area contributed by atoms with Crippen LogP contribution >= 0.6 is 0 Å². The highest BCUT2D eigenvalue weighted by atomic mass is 16.7. The number of rotatable bonds is 7. The van der Waals surface area contributed by atoms with E-state index in [1.54, 1.807) is 34.0 Å². The molecule has 3 fully saturated rings. The smallest absolute Gasteiger partial charge is 0.329 e. The molecule has 3 aliphatic heterocycles. The molecule has 4 aliphatic rings. The Labute approximate surface area is 344 Å². The Morgan fingerprint density at radius 1 is 0.948 bits per heavy atom. The number of Topliss-reactive ketones (excluding diaryl/α,β-unsaturated/α-hetero) is 3. The first-order chi connectivity index (χ1) is 27.3. The number of carbonyl (C=O) groups excluding carboxylic acids is 5. The third-order valence-corrected chi connectivity index (χ3v) is 13.0. The lowest BCUT2D eigenvalue weighted by molar-refractivity contribution is -0.302. The summed E-state index contributed by atoms with van der Waals surface area (Å²) in [7, 11) is 4.60. The van der Waals surface area contributed by atoms with Gasteiger partial charge in [0.1, 0.15) is 35.9 Å². The topological polar surface area (TPSA) is 198 Å². The molecule has 1 amide bonds. The molecule has 1 aliphatic carbocycles. The molecule has 0 aromatic heterocycles. The van der Waals surface area contributed by atoms with E-state index in [0.29, 0.717) is 50.5 Å². The van der Waals surface area contributed by atoms with E-state index >= 15 is 0 Å². The maximum Gasteiger partial charge on any atom is 0.329 e. The molecule has 14 heteroatoms. The molecule has 1 saturated carbocycles. The number of hydrogen-bond acceptors (Lipinski definition) is 12. The number of hydrogen-bond donors (Lipinski definition) is 2. The van der Waals surface area contributed by atoms with Gasteiger partial charge in [-0.2, -0.15) is 0 Å². The molecule has 4 N–H and O–H groups in total. The summed E-state index contributed by atoms with van der Waals surface area (Å²) in [6, 6.07) is -1.16. The van der Waals surface area contributed by atoms with Crippen LogP contribution in [0.25, 0.3) is 0 Å². The standard InChI is InChI=1S/C44H69NO13/c1-24-16-25(2)18-37(55-8)40-38(56-9)20-27(4)44(53,58-40)41(50)42(51)45-15-11-10-12-32(45)43(52)57-39(26(3)19-30-13-14-33(47)36(22-30)54-7)29(6)34(48)23-35(49)31(17-24)21-28(5)46/h17,19,25,27,29-34,36-40,47-48,53H,10-16,18,20-23H2,1-9H3/p+1/b24-17+,26-19+. The Morgan fingerprint density at radius 2 is 1.60 bits per heavy atom. The molecule has 0 aromatic rings. The zero-order valence-electron chi connectivity index (χ0n) is 36.1. The minimum Gasteiger partial charge on any atom is -0.456 e. The summed E-state index contributed by atoms with van der Waals surface area (Å²) in [4.78, 5) is 70.3. The van der Waals surface area contributed by atoms with E-state index < -0.39 is 77.8 Å². The molecule has 4 rings (SSSR count). The van der Waals surface area contributed by atoms with E-state index in [4.69, 9.17) is 28.8 Å². The molecule has 58 heavy (non-hydrogen) atoms. The van der Waals surface area contributed by atoms with Crippen molar-refractivity contribution >= 4 is 29.2 Å². The van der Waals surface area contributed by atoms with Crippen molar-refractivity contribution in [3.63, 3.8) is 0 Å². The highest BCUT2D eigenvalue weighted by Crippen LogP contribution is 2.39. The number of aliphatic hydroxyl groups excluding tert-OH is 1. The van der Waals surface area contributed by atoms with Gasteiger partial charge in [0.25, 0.3) is 11.7 Å². The quantitative estimate of drug-likeness (QED) is 0.164. The third kappa shape index (κ3) is 11.5. The second-order valence-electron chi connectivity index (χ2n) is 17.7. The summed E-state index contributed by atoms with van der Waals surface area (Å²) in [5.41, 5.74) is 1.49. The van der Waals surface area contributed by atoms with Crippen molar-refractivity contribution in [3.05, 3.63) is 23.3 Å². The van der Waals surface area contributed by atoms with E-state index in [-0.39, 0.29) is 67.8 Å². The maximum atomic E-state index is 14.3. The Kier molecular flexibility index (Phi) is 17.4. The Bertz CT molecular complexity index is 1530. The van der Waals surface area contributed by atoms with E-state index in [1.807, 2.05) is 19.9 Å². The van der Waals surface area contributed by atoms with Crippen LogP contribution in [0.5, 0.6) is 0 Å². The number of ketones is 3. The fourth-order valence-corrected chi connectivity index (χ4v) is 9.55. The van der Waals surface area contributed by atoms with Crippen LogP contribution < -0.4 is 0 Å². The second kappa shape index (κ2) is 21.1. The number of amides is 1. The van der Waals surface area contributed by atoms with Gasteiger partial charge < -0.3 is 43.9 Å². The van der Waals surface area contributed by atoms with Crippen LogP contribution in [0.15, 0.2) is 23.3 Å². The highest BCUT2D eigenvalue weighted by Gasteiger charge is 2.56. The van der Waals surface area contributed by atoms with Gasteiger partial charge in [-0.15, -0.1) is 0 Å². The van der Waals surface area contributed by atoms with Gasteiger partial charge >= 0.3 is 5.97 Å². The van der Waals surface area contributed by atoms with E-state index in [1.165, 1.54) is 21.1 Å². The van der Waals surface area contributed by atoms with E-state index in [0.717, 1.165) is 10.5 Å². The van der Waals surface area contributed by atoms with Crippen molar-refractivity contribution in [1.82, 2.24) is 4.90 Å². The van der Waals surface area contributed by atoms with Crippen molar-refractivity contribution in [1.29, 1.82) is 0 Å². The summed E-state index contributed by atoms with van der Waals surface area (Å²) < 4.78 is 29.8. The van der Waals surface area contributed by atoms with Crippen molar-refractivity contribution in [2.45, 2.75) is 167 Å². The molecule has 0 aromatic carbocycles. The Hall–Kier alpha value is -2.85. The van der Waals surface area contributed by atoms with Crippen LogP contribution in [0.2, 0.25) is 0 Å². The van der Waals surface area contributed by atoms with Gasteiger partial charge in [0.05, 0.1) is 18.3 Å². The molecule has 14 unspecified atom stereocenters. The van der Waals surface area contributed by atoms with Crippen LogP contribution in [-0.4, -0.2) is 132 Å². The van der Waals surface area contributed by atoms with Crippen molar-refractivity contribution in [2.75, 3.05) is 27.9 Å². The van der Waals surface area contributed by atoms with Crippen LogP contribution in [-0.2, 0) is 47.7 Å². The van der Waals surface area contributed by atoms with Gasteiger partial charge in [0.15, 0.2) is 6.10 Å². The summed E-state index contributed by atoms with van der Waals surface area (Å²) in [6.07, 6.45) is 2.68. The molecule has 0 spiro atoms. The fraction of sp³-hybridized carbons (Fsp3) is 0.795. The number of aliphatic hydroxyl groups is 2. The number of ether oxygens (including phenoxy) is 5. The van der Waals surface area contributed by atoms with Crippen LogP contribution in [0, 0.1) is 29.6 Å². The monoisotopic (exact) mass is 820 g/mol. The predicted octanol–water partition coefficient (Wildman–Crippen LogP) is 3.77. The first-order valence-electron chi connectivity index (χ1n) is 21.2. The maximum absolute atomic E-state index is 14.3. The van der Waals surface area contributed by atoms with Gasteiger partial charge in [-0.25, -0.2) is 4.79 Å². The summed E-state index contributed by atoms with van der Waals surface area (Å²) >= 11 is 0. The zero-order chi connectivity index (χ0) is 43.1. The van der Waals surface area contributed by atoms with Gasteiger partial charge in [0.2, 0.25) is 5.79 Å². The molecule has 3 heterocycles. The summed E-state index contributed by atoms with van der Waals surface area (Å²) in [5.74, 6) is -8.52. The predicted molar refractivity (Wildman–Crippen MR) is 214 cm³/mol. The largest absolute Gasteiger partial charge is 0.456 e. The normalized spacial score (nSPS) is 40.5. The molecule has 0 radical (unpaired) electrons. The van der Waals surface area contributed by atoms with Crippen molar-refractivity contribution in [3.8, 4) is 0 Å². The van der Waals surface area contributed by atoms with Crippen molar-refractivity contribution < 1.29 is 63.0 Å². The van der Waals surface area contributed by atoms with Crippen LogP contribution in [0.1, 0.15) is 112 Å². The highest BCUT2D eigenvalue weighted by molar-refractivity contribution is 6.39. The number of methoxy groups -OCH3 is 3. The third-order valence-electron chi connectivity index (χ3n) is 13.0. The SMILES string of the molecule is COC1CC(/C=C(\C)C2OC(=O)C3CCCCN3C(=O)C(=O)C3(O)OC(C(OC)CC(C)C/C(C)=C/C(CC(C)=O)C(=O)CC(O)C2C)C(OC)CC3C)CCC1[OH2+]. The molecular formula is C44H70NO13+. The minimum absolute atomic E-state index is 0.000313. The molecular weight excluding hydrogens is 750 g/mol. The van der Waals surface area contributed by atoms with Gasteiger partial charge in [-0.3, -0.25) is 19.2 Å². The lowest BCUT2D eigenvalue weighted by Gasteiger charge is -2.47. The van der Waals surface area contributed by atoms with Gasteiger partial charge in [-0.1, -0.05) is 38.5 Å². The summed E-state index contributed by atoms with van der Waals surface area (Å²) in [5, 5.41) is 32.1. The van der Waals surface area contributed by atoms with Crippen LogP contribution in [0.4, 0.5) is 0 Å². The second-order valence-corrected chi connectivity index (χ2v) is 17.7. The lowest BCUT2D eigenvalue weighted by Crippen LogP contribution is -2.64. The van der Waals surface area contributed by atoms with Crippen LogP contribution in [0.3, 0.4) is 0 Å². The average molecular weight is 821 g/mol. The van der Waals surface area contributed by atoms with Crippen molar-refractivity contribution in [2.24, 2.45) is 29.6 Å². The number of allylic oxidation sites excluding steroid dienone is 3. The van der Waals surface area contributed by atoms with E-state index in [2.05, 4.69) is 0 Å². The molecule has 14 atom stereocenters. The molecule has 2 saturated heterocycles. The average Bonchev–Trinajstić information content (AvgIpc) is 3.18. The first kappa shape index (κ1) is 47.8. The van der Waals surface area contributed by atoms with Gasteiger partial charge in [0, 0.05) is 64.9 Å². The number of piperidine rings is 1. The number of cyclic esters (lactones) is 1. The first-order valence-corrected chi connectivity index (χ1v) is 21.2. The molecule has 14 nitrogen and oxygen atoms in total. The Morgan fingerprint density at radius 3 is 2.24 bits per heavy atom. The fourth-order valence-electron chi connectivity index (χ4n) is 9.55. The zero-order valence-corrected chi connectivity index (χ0v) is 36.1. The van der Waals surface area contributed by atoms with Gasteiger partial charge in [-0.05, 0) is 89.5 Å². The van der Waals surface area contributed by atoms with E-state index in [9.17, 15) is 34.2 Å². The lowest BCUT2D eigenvalue weighted by atomic mass is 9.81. The number of nitrogens with zero attached hydrogens (tertiary/aromatic N) is 1. The minimum atomic E-state index is -2.53. The molecule has 328 valence electrons. The number of fused-ring (bicyclic) bond motifs is 3. The number of carbonyl (C=O) groups is 5. The molecule has 2 bridgehead atoms. The summed E-state index contributed by atoms with van der Waals surface area (Å²) in [6.45, 7) is 10.5. The Balaban J connectivity index is 1.79.